The predicted octanol–water partition coefficient (Wildman–Crippen LogP) is 4.78. The van der Waals surface area contributed by atoms with Crippen molar-refractivity contribution in [3.05, 3.63) is 63.7 Å². The van der Waals surface area contributed by atoms with E-state index in [1.807, 2.05) is 0 Å². The summed E-state index contributed by atoms with van der Waals surface area (Å²) in [6.07, 6.45) is 0. The fourth-order valence-corrected chi connectivity index (χ4v) is 3.11. The van der Waals surface area contributed by atoms with Crippen molar-refractivity contribution in [3.63, 3.8) is 0 Å². The maximum atomic E-state index is 5.43. The number of nitrogens with one attached hydrogen (secondary N) is 1. The maximum Gasteiger partial charge on any atom is 0.124 e. The minimum Gasteiger partial charge on any atom is -0.496 e. The largest absolute Gasteiger partial charge is 0.496 e. The van der Waals surface area contributed by atoms with Crippen LogP contribution in [0, 0.1) is 27.7 Å². The van der Waals surface area contributed by atoms with Crippen LogP contribution in [-0.4, -0.2) is 7.11 Å². The number of hydrogen-bond acceptors (Lipinski definition) is 2. The monoisotopic (exact) mass is 297 g/mol. The molecule has 2 rings (SSSR count). The first-order valence-electron chi connectivity index (χ1n) is 7.86. The maximum absolute atomic E-state index is 5.43. The highest BCUT2D eigenvalue weighted by molar-refractivity contribution is 5.43. The molecule has 1 N–H and O–H groups in total. The zero-order valence-electron chi connectivity index (χ0n) is 14.6. The summed E-state index contributed by atoms with van der Waals surface area (Å²) in [5.41, 5.74) is 7.67. The number of aryl methyl sites for hydroxylation is 4. The highest BCUT2D eigenvalue weighted by Gasteiger charge is 2.08. The molecule has 2 nitrogen and oxygen atoms in total. The van der Waals surface area contributed by atoms with Gasteiger partial charge in [-0.1, -0.05) is 41.5 Å². The minimum absolute atomic E-state index is 0.335. The lowest BCUT2D eigenvalue weighted by molar-refractivity contribution is 0.408. The van der Waals surface area contributed by atoms with Crippen LogP contribution in [0.4, 0.5) is 0 Å². The van der Waals surface area contributed by atoms with E-state index in [2.05, 4.69) is 70.3 Å². The topological polar surface area (TPSA) is 21.3 Å². The molecule has 1 atom stereocenters. The van der Waals surface area contributed by atoms with Crippen molar-refractivity contribution in [2.45, 2.75) is 47.2 Å². The molecule has 0 spiro atoms. The van der Waals surface area contributed by atoms with Gasteiger partial charge in [-0.2, -0.15) is 0 Å². The van der Waals surface area contributed by atoms with Crippen LogP contribution in [0.15, 0.2) is 30.3 Å². The molecule has 0 aliphatic heterocycles. The molecule has 0 fully saturated rings. The lowest BCUT2D eigenvalue weighted by Gasteiger charge is -2.17. The summed E-state index contributed by atoms with van der Waals surface area (Å²) < 4.78 is 5.43. The van der Waals surface area contributed by atoms with E-state index in [1.165, 1.54) is 33.4 Å². The molecular formula is C20H27NO. The van der Waals surface area contributed by atoms with Gasteiger partial charge in [0.1, 0.15) is 5.75 Å². The minimum atomic E-state index is 0.335. The van der Waals surface area contributed by atoms with E-state index in [0.717, 1.165) is 12.3 Å². The number of methoxy groups -OCH3 is 1. The Hall–Kier alpha value is -1.80. The molecule has 2 aromatic carbocycles. The van der Waals surface area contributed by atoms with Crippen molar-refractivity contribution in [1.29, 1.82) is 0 Å². The molecule has 0 amide bonds. The van der Waals surface area contributed by atoms with Gasteiger partial charge in [0.2, 0.25) is 0 Å². The van der Waals surface area contributed by atoms with Gasteiger partial charge in [-0.25, -0.2) is 0 Å². The smallest absolute Gasteiger partial charge is 0.124 e. The fourth-order valence-electron chi connectivity index (χ4n) is 3.11. The average Bonchev–Trinajstić information content (AvgIpc) is 2.43. The Balaban J connectivity index is 2.09. The van der Waals surface area contributed by atoms with E-state index < -0.39 is 0 Å². The van der Waals surface area contributed by atoms with Crippen LogP contribution in [0.1, 0.15) is 46.3 Å². The van der Waals surface area contributed by atoms with Crippen LogP contribution in [0.25, 0.3) is 0 Å². The number of rotatable bonds is 5. The standard InChI is InChI=1S/C20H27NO/c1-13-7-14(2)9-19(8-13)17(5)21-12-18-10-15(3)20(22-6)16(4)11-18/h7-11,17,21H,12H2,1-6H3/t17-/m0/s1. The van der Waals surface area contributed by atoms with Gasteiger partial charge in [0.25, 0.3) is 0 Å². The summed E-state index contributed by atoms with van der Waals surface area (Å²) in [6.45, 7) is 11.6. The molecule has 22 heavy (non-hydrogen) atoms. The first-order chi connectivity index (χ1) is 10.4. The van der Waals surface area contributed by atoms with Gasteiger partial charge in [-0.3, -0.25) is 0 Å². The zero-order chi connectivity index (χ0) is 16.3. The quantitative estimate of drug-likeness (QED) is 0.857. The Morgan fingerprint density at radius 2 is 1.45 bits per heavy atom. The Bertz CT molecular complexity index is 617. The molecule has 0 aromatic heterocycles. The second-order valence-electron chi connectivity index (χ2n) is 6.29. The molecular weight excluding hydrogens is 270 g/mol. The third kappa shape index (κ3) is 3.89. The van der Waals surface area contributed by atoms with Crippen molar-refractivity contribution < 1.29 is 4.74 Å². The molecule has 0 saturated carbocycles. The second kappa shape index (κ2) is 6.97. The molecule has 118 valence electrons. The normalized spacial score (nSPS) is 12.3. The van der Waals surface area contributed by atoms with Crippen LogP contribution < -0.4 is 10.1 Å². The summed E-state index contributed by atoms with van der Waals surface area (Å²) in [6, 6.07) is 11.5. The van der Waals surface area contributed by atoms with E-state index >= 15 is 0 Å². The summed E-state index contributed by atoms with van der Waals surface area (Å²) in [5.74, 6) is 0.992. The molecule has 0 radical (unpaired) electrons. The van der Waals surface area contributed by atoms with Crippen LogP contribution in [0.3, 0.4) is 0 Å². The third-order valence-electron chi connectivity index (χ3n) is 4.08. The molecule has 0 aliphatic carbocycles. The Labute approximate surface area is 134 Å². The summed E-state index contributed by atoms with van der Waals surface area (Å²) in [4.78, 5) is 0. The highest BCUT2D eigenvalue weighted by atomic mass is 16.5. The van der Waals surface area contributed by atoms with Gasteiger partial charge in [-0.15, -0.1) is 0 Å². The molecule has 0 bridgehead atoms. The number of benzene rings is 2. The van der Waals surface area contributed by atoms with Crippen molar-refractivity contribution in [2.75, 3.05) is 7.11 Å². The molecule has 2 aromatic rings. The van der Waals surface area contributed by atoms with E-state index in [1.54, 1.807) is 7.11 Å². The van der Waals surface area contributed by atoms with Gasteiger partial charge in [0, 0.05) is 12.6 Å². The highest BCUT2D eigenvalue weighted by Crippen LogP contribution is 2.25. The Kier molecular flexibility index (Phi) is 5.25. The number of ether oxygens (including phenoxy) is 1. The lowest BCUT2D eigenvalue weighted by Crippen LogP contribution is -2.18. The van der Waals surface area contributed by atoms with Crippen molar-refractivity contribution in [1.82, 2.24) is 5.32 Å². The third-order valence-corrected chi connectivity index (χ3v) is 4.08. The first kappa shape index (κ1) is 16.6. The zero-order valence-corrected chi connectivity index (χ0v) is 14.6. The van der Waals surface area contributed by atoms with Crippen LogP contribution in [0.2, 0.25) is 0 Å². The number of hydrogen-bond donors (Lipinski definition) is 1. The molecule has 0 aliphatic rings. The molecule has 0 unspecified atom stereocenters. The predicted molar refractivity (Wildman–Crippen MR) is 93.6 cm³/mol. The SMILES string of the molecule is COc1c(C)cc(CN[C@@H](C)c2cc(C)cc(C)c2)cc1C. The lowest BCUT2D eigenvalue weighted by atomic mass is 10.0. The van der Waals surface area contributed by atoms with E-state index in [9.17, 15) is 0 Å². The average molecular weight is 297 g/mol. The molecule has 2 heteroatoms. The van der Waals surface area contributed by atoms with E-state index in [4.69, 9.17) is 4.74 Å². The van der Waals surface area contributed by atoms with Gasteiger partial charge < -0.3 is 10.1 Å². The molecule has 0 saturated heterocycles. The van der Waals surface area contributed by atoms with Gasteiger partial charge in [-0.05, 0) is 56.9 Å². The van der Waals surface area contributed by atoms with Crippen LogP contribution in [0.5, 0.6) is 5.75 Å². The van der Waals surface area contributed by atoms with Gasteiger partial charge in [0.15, 0.2) is 0 Å². The summed E-state index contributed by atoms with van der Waals surface area (Å²) in [7, 11) is 1.73. The van der Waals surface area contributed by atoms with Crippen LogP contribution >= 0.6 is 0 Å². The first-order valence-corrected chi connectivity index (χ1v) is 7.86. The van der Waals surface area contributed by atoms with Crippen molar-refractivity contribution in [3.8, 4) is 5.75 Å². The fraction of sp³-hybridized carbons (Fsp3) is 0.400. The van der Waals surface area contributed by atoms with Crippen LogP contribution in [-0.2, 0) is 6.54 Å². The second-order valence-corrected chi connectivity index (χ2v) is 6.29. The summed E-state index contributed by atoms with van der Waals surface area (Å²) >= 11 is 0. The summed E-state index contributed by atoms with van der Waals surface area (Å²) in [5, 5.41) is 3.62. The van der Waals surface area contributed by atoms with Gasteiger partial charge >= 0.3 is 0 Å². The Morgan fingerprint density at radius 3 is 1.95 bits per heavy atom. The molecule has 0 heterocycles. The van der Waals surface area contributed by atoms with E-state index in [0.29, 0.717) is 6.04 Å². The van der Waals surface area contributed by atoms with Crippen molar-refractivity contribution in [2.24, 2.45) is 0 Å². The van der Waals surface area contributed by atoms with Gasteiger partial charge in [0.05, 0.1) is 7.11 Å². The van der Waals surface area contributed by atoms with E-state index in [-0.39, 0.29) is 0 Å². The Morgan fingerprint density at radius 1 is 0.909 bits per heavy atom. The van der Waals surface area contributed by atoms with Crippen molar-refractivity contribution >= 4 is 0 Å².